The average Bonchev–Trinajstić information content (AvgIpc) is 3.11. The first-order valence-corrected chi connectivity index (χ1v) is 9.23. The van der Waals surface area contributed by atoms with Gasteiger partial charge in [-0.2, -0.15) is 5.26 Å². The lowest BCUT2D eigenvalue weighted by atomic mass is 9.87. The Morgan fingerprint density at radius 3 is 3.00 bits per heavy atom. The molecule has 1 amide bonds. The van der Waals surface area contributed by atoms with Crippen molar-refractivity contribution in [3.63, 3.8) is 0 Å². The summed E-state index contributed by atoms with van der Waals surface area (Å²) in [6.45, 7) is 2.43. The van der Waals surface area contributed by atoms with Crippen LogP contribution in [0.4, 0.5) is 0 Å². The summed E-state index contributed by atoms with van der Waals surface area (Å²) in [5.74, 6) is 0.316. The molecule has 1 N–H and O–H groups in total. The fraction of sp³-hybridized carbons (Fsp3) is 0.389. The molecule has 8 heteroatoms. The molecular weight excluding hydrogens is 356 g/mol. The van der Waals surface area contributed by atoms with Gasteiger partial charge in [0.25, 0.3) is 0 Å². The van der Waals surface area contributed by atoms with Gasteiger partial charge in [0, 0.05) is 12.3 Å². The van der Waals surface area contributed by atoms with E-state index in [4.69, 9.17) is 14.2 Å². The third kappa shape index (κ3) is 3.94. The van der Waals surface area contributed by atoms with Crippen molar-refractivity contribution in [1.82, 2.24) is 5.32 Å². The largest absolute Gasteiger partial charge is 0.465 e. The number of carbonyl (C=O) groups is 2. The number of nitriles is 1. The highest BCUT2D eigenvalue weighted by atomic mass is 32.2. The Morgan fingerprint density at radius 2 is 2.23 bits per heavy atom. The highest BCUT2D eigenvalue weighted by Crippen LogP contribution is 2.40. The lowest BCUT2D eigenvalue weighted by Gasteiger charge is -2.25. The van der Waals surface area contributed by atoms with Crippen LogP contribution in [-0.2, 0) is 14.3 Å². The van der Waals surface area contributed by atoms with Crippen LogP contribution in [0.5, 0.6) is 11.5 Å². The van der Waals surface area contributed by atoms with Gasteiger partial charge in [0.15, 0.2) is 11.5 Å². The van der Waals surface area contributed by atoms with Gasteiger partial charge >= 0.3 is 5.97 Å². The van der Waals surface area contributed by atoms with E-state index in [2.05, 4.69) is 11.4 Å². The first-order valence-electron chi connectivity index (χ1n) is 8.24. The molecule has 0 spiro atoms. The third-order valence-electron chi connectivity index (χ3n) is 3.96. The summed E-state index contributed by atoms with van der Waals surface area (Å²) in [5.41, 5.74) is 1.23. The molecule has 0 bridgehead atoms. The number of hydrogen-bond donors (Lipinski definition) is 1. The summed E-state index contributed by atoms with van der Waals surface area (Å²) in [6.07, 6.45) is 0.901. The Morgan fingerprint density at radius 1 is 1.42 bits per heavy atom. The van der Waals surface area contributed by atoms with Crippen LogP contribution in [0.15, 0.2) is 28.8 Å². The lowest BCUT2D eigenvalue weighted by molar-refractivity contribution is -0.140. The molecule has 1 aromatic rings. The van der Waals surface area contributed by atoms with Crippen LogP contribution < -0.4 is 14.8 Å². The predicted octanol–water partition coefficient (Wildman–Crippen LogP) is 2.44. The fourth-order valence-corrected chi connectivity index (χ4v) is 3.61. The molecule has 1 atom stereocenters. The topological polar surface area (TPSA) is 97.7 Å². The van der Waals surface area contributed by atoms with E-state index in [0.717, 1.165) is 23.7 Å². The first-order chi connectivity index (χ1) is 12.6. The van der Waals surface area contributed by atoms with Gasteiger partial charge in [-0.15, -0.1) is 0 Å². The molecule has 0 fully saturated rings. The number of rotatable bonds is 6. The van der Waals surface area contributed by atoms with Crippen LogP contribution in [0, 0.1) is 11.3 Å². The van der Waals surface area contributed by atoms with E-state index >= 15 is 0 Å². The molecule has 0 unspecified atom stereocenters. The SMILES string of the molecule is CCCOC(=O)CSC1=C(C#N)[C@H](c2ccc3c(c2)OCO3)CC(=O)N1. The number of allylic oxidation sites excluding steroid dienone is 1. The summed E-state index contributed by atoms with van der Waals surface area (Å²) in [7, 11) is 0. The first kappa shape index (κ1) is 18.1. The van der Waals surface area contributed by atoms with Crippen LogP contribution in [0.1, 0.15) is 31.2 Å². The number of nitrogens with zero attached hydrogens (tertiary/aromatic N) is 1. The van der Waals surface area contributed by atoms with Crippen LogP contribution >= 0.6 is 11.8 Å². The molecule has 2 heterocycles. The van der Waals surface area contributed by atoms with Gasteiger partial charge in [0.1, 0.15) is 0 Å². The molecule has 0 saturated heterocycles. The van der Waals surface area contributed by atoms with Gasteiger partial charge < -0.3 is 19.5 Å². The van der Waals surface area contributed by atoms with E-state index in [1.54, 1.807) is 12.1 Å². The lowest BCUT2D eigenvalue weighted by Crippen LogP contribution is -2.31. The zero-order valence-corrected chi connectivity index (χ0v) is 15.1. The standard InChI is InChI=1S/C18H18N2O5S/c1-2-5-23-17(22)9-26-18-13(8-19)12(7-16(21)20-18)11-3-4-14-15(6-11)25-10-24-14/h3-4,6,12H,2,5,7,9-10H2,1H3,(H,20,21)/t12-/m0/s1. The van der Waals surface area contributed by atoms with Crippen LogP contribution in [0.25, 0.3) is 0 Å². The number of esters is 1. The summed E-state index contributed by atoms with van der Waals surface area (Å²) in [4.78, 5) is 23.8. The van der Waals surface area contributed by atoms with Crippen LogP contribution in [0.3, 0.4) is 0 Å². The van der Waals surface area contributed by atoms with E-state index in [0.29, 0.717) is 28.7 Å². The van der Waals surface area contributed by atoms with Gasteiger partial charge in [-0.1, -0.05) is 24.8 Å². The maximum absolute atomic E-state index is 12.1. The molecule has 2 aliphatic rings. The molecular formula is C18H18N2O5S. The zero-order valence-electron chi connectivity index (χ0n) is 14.2. The van der Waals surface area contributed by atoms with Crippen molar-refractivity contribution in [3.8, 4) is 17.6 Å². The Kier molecular flexibility index (Phi) is 5.68. The average molecular weight is 374 g/mol. The maximum Gasteiger partial charge on any atom is 0.316 e. The molecule has 1 aromatic carbocycles. The van der Waals surface area contributed by atoms with E-state index in [1.807, 2.05) is 13.0 Å². The molecule has 3 rings (SSSR count). The van der Waals surface area contributed by atoms with Crippen molar-refractivity contribution in [1.29, 1.82) is 5.26 Å². The van der Waals surface area contributed by atoms with E-state index in [9.17, 15) is 14.9 Å². The minimum absolute atomic E-state index is 0.0364. The van der Waals surface area contributed by atoms with Gasteiger partial charge in [-0.05, 0) is 24.1 Å². The Hall–Kier alpha value is -2.66. The van der Waals surface area contributed by atoms with Gasteiger partial charge in [0.2, 0.25) is 12.7 Å². The quantitative estimate of drug-likeness (QED) is 0.764. The number of ether oxygens (including phenoxy) is 3. The molecule has 2 aliphatic heterocycles. The van der Waals surface area contributed by atoms with E-state index in [1.165, 1.54) is 0 Å². The van der Waals surface area contributed by atoms with Crippen molar-refractivity contribution in [2.24, 2.45) is 0 Å². The number of amides is 1. The Balaban J connectivity index is 1.82. The monoisotopic (exact) mass is 374 g/mol. The summed E-state index contributed by atoms with van der Waals surface area (Å²) in [5, 5.41) is 12.7. The second-order valence-corrected chi connectivity index (χ2v) is 6.77. The smallest absolute Gasteiger partial charge is 0.316 e. The zero-order chi connectivity index (χ0) is 18.5. The molecule has 0 aliphatic carbocycles. The minimum atomic E-state index is -0.391. The van der Waals surface area contributed by atoms with Crippen LogP contribution in [0.2, 0.25) is 0 Å². The van der Waals surface area contributed by atoms with Crippen molar-refractivity contribution in [3.05, 3.63) is 34.4 Å². The predicted molar refractivity (Wildman–Crippen MR) is 94.4 cm³/mol. The van der Waals surface area contributed by atoms with E-state index < -0.39 is 5.92 Å². The second kappa shape index (κ2) is 8.15. The third-order valence-corrected chi connectivity index (χ3v) is 4.95. The molecule has 26 heavy (non-hydrogen) atoms. The summed E-state index contributed by atoms with van der Waals surface area (Å²) in [6, 6.07) is 7.57. The second-order valence-electron chi connectivity index (χ2n) is 5.78. The fourth-order valence-electron chi connectivity index (χ4n) is 2.74. The van der Waals surface area contributed by atoms with Gasteiger partial charge in [0.05, 0.1) is 29.0 Å². The Bertz CT molecular complexity index is 799. The van der Waals surface area contributed by atoms with Crippen molar-refractivity contribution in [2.75, 3.05) is 19.2 Å². The summed E-state index contributed by atoms with van der Waals surface area (Å²) < 4.78 is 15.7. The summed E-state index contributed by atoms with van der Waals surface area (Å²) >= 11 is 1.11. The molecule has 7 nitrogen and oxygen atoms in total. The van der Waals surface area contributed by atoms with Crippen LogP contribution in [-0.4, -0.2) is 31.0 Å². The van der Waals surface area contributed by atoms with Gasteiger partial charge in [-0.3, -0.25) is 9.59 Å². The maximum atomic E-state index is 12.1. The molecule has 136 valence electrons. The highest BCUT2D eigenvalue weighted by molar-refractivity contribution is 8.03. The normalized spacial score (nSPS) is 18.3. The number of thioether (sulfide) groups is 1. The van der Waals surface area contributed by atoms with Crippen molar-refractivity contribution in [2.45, 2.75) is 25.7 Å². The van der Waals surface area contributed by atoms with Crippen molar-refractivity contribution < 1.29 is 23.8 Å². The molecule has 0 saturated carbocycles. The number of benzene rings is 1. The molecule has 0 aromatic heterocycles. The number of hydrogen-bond acceptors (Lipinski definition) is 7. The number of fused-ring (bicyclic) bond motifs is 1. The van der Waals surface area contributed by atoms with E-state index in [-0.39, 0.29) is 30.8 Å². The Labute approximate surface area is 155 Å². The molecule has 0 radical (unpaired) electrons. The number of carbonyl (C=O) groups excluding carboxylic acids is 2. The minimum Gasteiger partial charge on any atom is -0.465 e. The van der Waals surface area contributed by atoms with Crippen molar-refractivity contribution >= 4 is 23.6 Å². The number of nitrogens with one attached hydrogen (secondary N) is 1. The highest BCUT2D eigenvalue weighted by Gasteiger charge is 2.31. The van der Waals surface area contributed by atoms with Gasteiger partial charge in [-0.25, -0.2) is 0 Å².